The van der Waals surface area contributed by atoms with Crippen LogP contribution in [0.15, 0.2) is 47.6 Å². The monoisotopic (exact) mass is 426 g/mol. The van der Waals surface area contributed by atoms with E-state index < -0.39 is 13.0 Å². The van der Waals surface area contributed by atoms with Crippen LogP contribution in [0.2, 0.25) is 0 Å². The van der Waals surface area contributed by atoms with Crippen molar-refractivity contribution >= 4 is 5.95 Å². The van der Waals surface area contributed by atoms with Crippen molar-refractivity contribution in [1.29, 1.82) is 0 Å². The van der Waals surface area contributed by atoms with Gasteiger partial charge in [-0.2, -0.15) is 10.1 Å². The zero-order valence-corrected chi connectivity index (χ0v) is 16.9. The highest BCUT2D eigenvalue weighted by Gasteiger charge is 2.25. The van der Waals surface area contributed by atoms with E-state index in [1.165, 1.54) is 12.4 Å². The molecule has 0 radical (unpaired) electrons. The third-order valence-electron chi connectivity index (χ3n) is 4.70. The minimum atomic E-state index is -2.49. The number of pyridine rings is 1. The average molecular weight is 426 g/mol. The van der Waals surface area contributed by atoms with Crippen LogP contribution in [0.25, 0.3) is 22.7 Å². The van der Waals surface area contributed by atoms with Crippen LogP contribution in [-0.4, -0.2) is 41.3 Å². The van der Waals surface area contributed by atoms with Crippen molar-refractivity contribution in [3.8, 4) is 22.7 Å². The Bertz CT molecular complexity index is 1140. The van der Waals surface area contributed by atoms with E-state index in [1.54, 1.807) is 18.6 Å². The van der Waals surface area contributed by atoms with Crippen molar-refractivity contribution in [3.63, 3.8) is 0 Å². The summed E-state index contributed by atoms with van der Waals surface area (Å²) < 4.78 is 31.6. The number of alkyl halides is 2. The van der Waals surface area contributed by atoms with Gasteiger partial charge in [-0.1, -0.05) is 25.1 Å². The largest absolute Gasteiger partial charge is 0.368 e. The second kappa shape index (κ2) is 8.54. The van der Waals surface area contributed by atoms with E-state index in [0.29, 0.717) is 17.1 Å². The van der Waals surface area contributed by atoms with Crippen molar-refractivity contribution < 1.29 is 13.3 Å². The van der Waals surface area contributed by atoms with Crippen LogP contribution in [0.1, 0.15) is 31.2 Å². The Balaban J connectivity index is 1.58. The summed E-state index contributed by atoms with van der Waals surface area (Å²) in [5.41, 5.74) is 8.40. The molecular formula is C20H20F2N8O. The molecule has 0 aliphatic heterocycles. The predicted octanol–water partition coefficient (Wildman–Crippen LogP) is 3.42. The van der Waals surface area contributed by atoms with Crippen molar-refractivity contribution in [1.82, 2.24) is 34.9 Å². The Morgan fingerprint density at radius 3 is 2.45 bits per heavy atom. The van der Waals surface area contributed by atoms with Gasteiger partial charge in [0.1, 0.15) is 6.54 Å². The molecule has 0 aromatic carbocycles. The molecule has 31 heavy (non-hydrogen) atoms. The molecule has 11 heteroatoms. The van der Waals surface area contributed by atoms with Crippen LogP contribution in [0.5, 0.6) is 0 Å². The van der Waals surface area contributed by atoms with Crippen LogP contribution in [0.3, 0.4) is 0 Å². The summed E-state index contributed by atoms with van der Waals surface area (Å²) in [7, 11) is 0. The number of hydrogen-bond donors (Lipinski definition) is 1. The Morgan fingerprint density at radius 1 is 1.03 bits per heavy atom. The number of halogens is 2. The van der Waals surface area contributed by atoms with E-state index in [4.69, 9.17) is 10.3 Å². The maximum Gasteiger partial charge on any atom is 0.261 e. The van der Waals surface area contributed by atoms with E-state index in [2.05, 4.69) is 30.2 Å². The summed E-state index contributed by atoms with van der Waals surface area (Å²) in [4.78, 5) is 17.0. The average Bonchev–Trinajstić information content (AvgIpc) is 3.38. The maximum atomic E-state index is 12.5. The molecule has 0 saturated heterocycles. The minimum Gasteiger partial charge on any atom is -0.368 e. The summed E-state index contributed by atoms with van der Waals surface area (Å²) in [6.07, 6.45) is 5.38. The molecular weight excluding hydrogens is 406 g/mol. The lowest BCUT2D eigenvalue weighted by atomic mass is 9.88. The van der Waals surface area contributed by atoms with Crippen LogP contribution < -0.4 is 5.73 Å². The SMILES string of the molecule is CC(C)C(c1ccc(-c2cnc(N)nc2)nc1)c1noc(-c2cnn(CC(F)F)c2)n1. The van der Waals surface area contributed by atoms with Crippen LogP contribution in [0, 0.1) is 5.92 Å². The smallest absolute Gasteiger partial charge is 0.261 e. The van der Waals surface area contributed by atoms with Gasteiger partial charge in [0.05, 0.1) is 23.4 Å². The van der Waals surface area contributed by atoms with Gasteiger partial charge in [-0.05, 0) is 17.5 Å². The quantitative estimate of drug-likeness (QED) is 0.477. The first-order valence-corrected chi connectivity index (χ1v) is 9.59. The highest BCUT2D eigenvalue weighted by Crippen LogP contribution is 2.32. The second-order valence-corrected chi connectivity index (χ2v) is 7.33. The number of nitrogen functional groups attached to an aromatic ring is 1. The third-order valence-corrected chi connectivity index (χ3v) is 4.70. The molecule has 160 valence electrons. The van der Waals surface area contributed by atoms with E-state index in [-0.39, 0.29) is 23.7 Å². The van der Waals surface area contributed by atoms with Crippen LogP contribution >= 0.6 is 0 Å². The summed E-state index contributed by atoms with van der Waals surface area (Å²) >= 11 is 0. The molecule has 1 atom stereocenters. The number of hydrogen-bond acceptors (Lipinski definition) is 8. The van der Waals surface area contributed by atoms with E-state index in [1.807, 2.05) is 26.0 Å². The van der Waals surface area contributed by atoms with Gasteiger partial charge in [-0.25, -0.2) is 18.7 Å². The first-order valence-electron chi connectivity index (χ1n) is 9.59. The van der Waals surface area contributed by atoms with Gasteiger partial charge < -0.3 is 10.3 Å². The fraction of sp³-hybridized carbons (Fsp3) is 0.300. The van der Waals surface area contributed by atoms with Crippen molar-refractivity contribution in [2.75, 3.05) is 5.73 Å². The highest BCUT2D eigenvalue weighted by molar-refractivity contribution is 5.57. The minimum absolute atomic E-state index is 0.152. The molecule has 0 bridgehead atoms. The number of nitrogens with zero attached hydrogens (tertiary/aromatic N) is 7. The van der Waals surface area contributed by atoms with Gasteiger partial charge >= 0.3 is 0 Å². The molecule has 0 fully saturated rings. The molecule has 0 aliphatic carbocycles. The standard InChI is InChI=1S/C20H20F2N8O/c1-11(2)17(12-3-4-15(24-5-12)13-6-25-20(23)26-7-13)18-28-19(31-29-18)14-8-27-30(9-14)10-16(21)22/h3-9,11,16-17H,10H2,1-2H3,(H2,23,25,26). The fourth-order valence-electron chi connectivity index (χ4n) is 3.26. The second-order valence-electron chi connectivity index (χ2n) is 7.33. The zero-order chi connectivity index (χ0) is 22.0. The number of rotatable bonds is 7. The van der Waals surface area contributed by atoms with Gasteiger partial charge in [-0.3, -0.25) is 9.67 Å². The molecule has 9 nitrogen and oxygen atoms in total. The van der Waals surface area contributed by atoms with Gasteiger partial charge in [-0.15, -0.1) is 0 Å². The Hall–Kier alpha value is -3.76. The van der Waals surface area contributed by atoms with Crippen LogP contribution in [-0.2, 0) is 6.54 Å². The molecule has 4 rings (SSSR count). The lowest BCUT2D eigenvalue weighted by Gasteiger charge is -2.17. The molecule has 0 aliphatic rings. The third kappa shape index (κ3) is 4.55. The Morgan fingerprint density at radius 2 is 1.81 bits per heavy atom. The normalized spacial score (nSPS) is 12.6. The van der Waals surface area contributed by atoms with Crippen molar-refractivity contribution in [2.24, 2.45) is 5.92 Å². The number of nitrogens with two attached hydrogens (primary N) is 1. The van der Waals surface area contributed by atoms with Crippen molar-refractivity contribution in [3.05, 3.63) is 54.5 Å². The molecule has 0 spiro atoms. The summed E-state index contributed by atoms with van der Waals surface area (Å²) in [6, 6.07) is 3.81. The Labute approximate surface area is 176 Å². The zero-order valence-electron chi connectivity index (χ0n) is 16.9. The summed E-state index contributed by atoms with van der Waals surface area (Å²) in [5, 5.41) is 8.02. The van der Waals surface area contributed by atoms with Gasteiger partial charge in [0.25, 0.3) is 12.3 Å². The summed E-state index contributed by atoms with van der Waals surface area (Å²) in [5.74, 6) is 0.895. The lowest BCUT2D eigenvalue weighted by molar-refractivity contribution is 0.122. The van der Waals surface area contributed by atoms with Crippen LogP contribution in [0.4, 0.5) is 14.7 Å². The molecule has 2 N–H and O–H groups in total. The van der Waals surface area contributed by atoms with E-state index >= 15 is 0 Å². The molecule has 1 unspecified atom stereocenters. The highest BCUT2D eigenvalue weighted by atomic mass is 19.3. The predicted molar refractivity (Wildman–Crippen MR) is 108 cm³/mol. The summed E-state index contributed by atoms with van der Waals surface area (Å²) in [6.45, 7) is 3.60. The number of anilines is 1. The van der Waals surface area contributed by atoms with Gasteiger partial charge in [0.2, 0.25) is 5.95 Å². The Kier molecular flexibility index (Phi) is 5.65. The first kappa shape index (κ1) is 20.5. The molecule has 4 heterocycles. The van der Waals surface area contributed by atoms with Crippen molar-refractivity contribution in [2.45, 2.75) is 32.7 Å². The topological polar surface area (TPSA) is 121 Å². The van der Waals surface area contributed by atoms with E-state index in [0.717, 1.165) is 15.8 Å². The van der Waals surface area contributed by atoms with Gasteiger partial charge in [0.15, 0.2) is 5.82 Å². The molecule has 0 amide bonds. The molecule has 4 aromatic rings. The van der Waals surface area contributed by atoms with E-state index in [9.17, 15) is 8.78 Å². The lowest BCUT2D eigenvalue weighted by Crippen LogP contribution is -2.11. The number of aromatic nitrogens is 7. The van der Waals surface area contributed by atoms with Gasteiger partial charge in [0, 0.05) is 30.4 Å². The molecule has 4 aromatic heterocycles. The maximum absolute atomic E-state index is 12.5. The molecule has 0 saturated carbocycles. The fourth-order valence-corrected chi connectivity index (χ4v) is 3.26. The first-order chi connectivity index (χ1) is 14.9.